The smallest absolute Gasteiger partial charge is 0.151 e. The minimum Gasteiger partial charge on any atom is -0.384 e. The Morgan fingerprint density at radius 3 is 2.42 bits per heavy atom. The number of nitrogens with one attached hydrogen (secondary N) is 1. The Hall–Kier alpha value is -2.44. The summed E-state index contributed by atoms with van der Waals surface area (Å²) in [6, 6.07) is 14.7. The zero-order valence-corrected chi connectivity index (χ0v) is 18.7. The number of aryl methyl sites for hydroxylation is 1. The van der Waals surface area contributed by atoms with Gasteiger partial charge in [0.1, 0.15) is 11.6 Å². The van der Waals surface area contributed by atoms with Crippen molar-refractivity contribution in [1.29, 1.82) is 0 Å². The van der Waals surface area contributed by atoms with E-state index in [0.29, 0.717) is 22.8 Å². The molecule has 1 aliphatic heterocycles. The van der Waals surface area contributed by atoms with Crippen molar-refractivity contribution in [3.63, 3.8) is 0 Å². The molecule has 0 spiro atoms. The van der Waals surface area contributed by atoms with Crippen LogP contribution in [0.15, 0.2) is 54.6 Å². The summed E-state index contributed by atoms with van der Waals surface area (Å²) in [4.78, 5) is 0. The van der Waals surface area contributed by atoms with E-state index in [0.717, 1.165) is 28.5 Å². The zero-order chi connectivity index (χ0) is 22.3. The Kier molecular flexibility index (Phi) is 5.79. The first-order valence-electron chi connectivity index (χ1n) is 9.88. The molecule has 0 aliphatic carbocycles. The molecule has 2 atom stereocenters. The minimum atomic E-state index is -3.34. The number of anilines is 1. The molecule has 0 saturated carbocycles. The van der Waals surface area contributed by atoms with Crippen LogP contribution in [-0.2, 0) is 15.6 Å². The molecular weight excluding hydrogens is 440 g/mol. The molecule has 3 aromatic rings. The molecule has 7 heteroatoms. The Bertz CT molecular complexity index is 1240. The molecule has 0 amide bonds. The predicted octanol–water partition coefficient (Wildman–Crippen LogP) is 5.81. The fraction of sp³-hybridized carbons (Fsp3) is 0.250. The van der Waals surface area contributed by atoms with Crippen molar-refractivity contribution in [3.8, 4) is 0 Å². The molecule has 0 fully saturated rings. The van der Waals surface area contributed by atoms with E-state index in [4.69, 9.17) is 11.6 Å². The number of hydrogen-bond donors (Lipinski definition) is 1. The van der Waals surface area contributed by atoms with Gasteiger partial charge in [0, 0.05) is 35.3 Å². The van der Waals surface area contributed by atoms with Gasteiger partial charge in [-0.1, -0.05) is 29.8 Å². The van der Waals surface area contributed by atoms with E-state index < -0.39 is 15.7 Å². The lowest BCUT2D eigenvalue weighted by molar-refractivity contribution is 0.599. The van der Waals surface area contributed by atoms with Crippen molar-refractivity contribution >= 4 is 27.1 Å². The molecule has 3 nitrogen and oxygen atoms in total. The van der Waals surface area contributed by atoms with Crippen molar-refractivity contribution in [2.24, 2.45) is 0 Å². The van der Waals surface area contributed by atoms with Crippen molar-refractivity contribution in [2.75, 3.05) is 18.1 Å². The summed E-state index contributed by atoms with van der Waals surface area (Å²) < 4.78 is 51.9. The van der Waals surface area contributed by atoms with Gasteiger partial charge in [-0.15, -0.1) is 0 Å². The van der Waals surface area contributed by atoms with Crippen molar-refractivity contribution < 1.29 is 17.2 Å². The number of hydrogen-bond acceptors (Lipinski definition) is 3. The summed E-state index contributed by atoms with van der Waals surface area (Å²) in [5.74, 6) is -1.42. The van der Waals surface area contributed by atoms with Crippen LogP contribution in [-0.4, -0.2) is 21.2 Å². The second kappa shape index (κ2) is 8.24. The van der Waals surface area contributed by atoms with Crippen LogP contribution < -0.4 is 5.32 Å². The summed E-state index contributed by atoms with van der Waals surface area (Å²) in [6.45, 7) is 2.46. The fourth-order valence-electron chi connectivity index (χ4n) is 4.50. The third-order valence-electron chi connectivity index (χ3n) is 5.73. The SMILES string of the molecule is Cc1cc(Cl)ccc1C(c1ccc(F)cc1)C1CNc2c(CS(C)(=O)=O)cc(F)cc21. The van der Waals surface area contributed by atoms with Crippen LogP contribution in [0.1, 0.15) is 39.7 Å². The molecule has 0 radical (unpaired) electrons. The highest BCUT2D eigenvalue weighted by Gasteiger charge is 2.35. The number of fused-ring (bicyclic) bond motifs is 1. The highest BCUT2D eigenvalue weighted by molar-refractivity contribution is 7.89. The van der Waals surface area contributed by atoms with Gasteiger partial charge in [-0.2, -0.15) is 0 Å². The van der Waals surface area contributed by atoms with Crippen LogP contribution >= 0.6 is 11.6 Å². The molecule has 0 saturated heterocycles. The number of halogens is 3. The molecule has 1 N–H and O–H groups in total. The molecule has 4 rings (SSSR count). The van der Waals surface area contributed by atoms with E-state index in [1.54, 1.807) is 12.1 Å². The lowest BCUT2D eigenvalue weighted by Gasteiger charge is -2.27. The standard InChI is InChI=1S/C24H22ClF2NO2S/c1-14-9-17(25)5-8-20(14)23(15-3-6-18(26)7-4-15)22-12-28-24-16(13-31(2,29)30)10-19(27)11-21(22)24/h3-11,22-23,28H,12-13H2,1-2H3. The van der Waals surface area contributed by atoms with Crippen LogP contribution in [0.25, 0.3) is 0 Å². The summed E-state index contributed by atoms with van der Waals surface area (Å²) in [7, 11) is -3.34. The first kappa shape index (κ1) is 21.8. The Balaban J connectivity index is 1.88. The average Bonchev–Trinajstić information content (AvgIpc) is 3.07. The van der Waals surface area contributed by atoms with Crippen molar-refractivity contribution in [3.05, 3.63) is 99.1 Å². The third-order valence-corrected chi connectivity index (χ3v) is 6.80. The highest BCUT2D eigenvalue weighted by atomic mass is 35.5. The Morgan fingerprint density at radius 2 is 1.77 bits per heavy atom. The maximum atomic E-state index is 14.5. The predicted molar refractivity (Wildman–Crippen MR) is 121 cm³/mol. The minimum absolute atomic E-state index is 0.172. The van der Waals surface area contributed by atoms with Gasteiger partial charge in [-0.3, -0.25) is 0 Å². The summed E-state index contributed by atoms with van der Waals surface area (Å²) in [5, 5.41) is 3.92. The van der Waals surface area contributed by atoms with Gasteiger partial charge in [0.05, 0.1) is 5.75 Å². The van der Waals surface area contributed by atoms with E-state index in [-0.39, 0.29) is 23.4 Å². The molecule has 1 aliphatic rings. The lowest BCUT2D eigenvalue weighted by Crippen LogP contribution is -2.16. The molecule has 3 aromatic carbocycles. The maximum Gasteiger partial charge on any atom is 0.151 e. The van der Waals surface area contributed by atoms with Crippen LogP contribution in [0.5, 0.6) is 0 Å². The molecule has 31 heavy (non-hydrogen) atoms. The fourth-order valence-corrected chi connectivity index (χ4v) is 5.52. The summed E-state index contributed by atoms with van der Waals surface area (Å²) >= 11 is 6.16. The monoisotopic (exact) mass is 461 g/mol. The molecular formula is C24H22ClF2NO2S. The normalized spacial score (nSPS) is 16.6. The quantitative estimate of drug-likeness (QED) is 0.521. The van der Waals surface area contributed by atoms with Gasteiger partial charge < -0.3 is 5.32 Å². The largest absolute Gasteiger partial charge is 0.384 e. The average molecular weight is 462 g/mol. The van der Waals surface area contributed by atoms with Crippen LogP contribution in [0, 0.1) is 18.6 Å². The van der Waals surface area contributed by atoms with E-state index in [1.807, 2.05) is 25.1 Å². The Labute approximate surface area is 186 Å². The van der Waals surface area contributed by atoms with Gasteiger partial charge in [0.2, 0.25) is 0 Å². The van der Waals surface area contributed by atoms with Crippen LogP contribution in [0.2, 0.25) is 5.02 Å². The van der Waals surface area contributed by atoms with E-state index in [9.17, 15) is 17.2 Å². The number of rotatable bonds is 5. The first-order valence-corrected chi connectivity index (χ1v) is 12.3. The topological polar surface area (TPSA) is 46.2 Å². The van der Waals surface area contributed by atoms with Crippen molar-refractivity contribution in [2.45, 2.75) is 24.5 Å². The van der Waals surface area contributed by atoms with Gasteiger partial charge in [-0.05, 0) is 71.1 Å². The maximum absolute atomic E-state index is 14.5. The van der Waals surface area contributed by atoms with E-state index >= 15 is 0 Å². The zero-order valence-electron chi connectivity index (χ0n) is 17.1. The summed E-state index contributed by atoms with van der Waals surface area (Å²) in [6.07, 6.45) is 1.13. The molecule has 0 bridgehead atoms. The third kappa shape index (κ3) is 4.60. The second-order valence-electron chi connectivity index (χ2n) is 8.12. The van der Waals surface area contributed by atoms with Crippen LogP contribution in [0.3, 0.4) is 0 Å². The van der Waals surface area contributed by atoms with Crippen molar-refractivity contribution in [1.82, 2.24) is 0 Å². The van der Waals surface area contributed by atoms with Crippen LogP contribution in [0.4, 0.5) is 14.5 Å². The van der Waals surface area contributed by atoms with Gasteiger partial charge in [0.25, 0.3) is 0 Å². The van der Waals surface area contributed by atoms with E-state index in [1.165, 1.54) is 24.3 Å². The Morgan fingerprint density at radius 1 is 1.06 bits per heavy atom. The summed E-state index contributed by atoms with van der Waals surface area (Å²) in [5.41, 5.74) is 4.68. The van der Waals surface area contributed by atoms with Gasteiger partial charge in [-0.25, -0.2) is 17.2 Å². The highest BCUT2D eigenvalue weighted by Crippen LogP contribution is 2.47. The number of benzene rings is 3. The molecule has 1 heterocycles. The molecule has 162 valence electrons. The lowest BCUT2D eigenvalue weighted by atomic mass is 9.76. The van der Waals surface area contributed by atoms with Gasteiger partial charge in [0.15, 0.2) is 9.84 Å². The molecule has 2 unspecified atom stereocenters. The van der Waals surface area contributed by atoms with E-state index in [2.05, 4.69) is 5.32 Å². The molecule has 0 aromatic heterocycles. The first-order chi connectivity index (χ1) is 14.6. The number of sulfone groups is 1. The second-order valence-corrected chi connectivity index (χ2v) is 10.7. The van der Waals surface area contributed by atoms with Gasteiger partial charge >= 0.3 is 0 Å².